The van der Waals surface area contributed by atoms with Crippen LogP contribution >= 0.6 is 0 Å². The summed E-state index contributed by atoms with van der Waals surface area (Å²) in [7, 11) is 2.08. The number of hydrogen-bond donors (Lipinski definition) is 3. The monoisotopic (exact) mass is 362 g/mol. The number of benzene rings is 2. The third-order valence-corrected chi connectivity index (χ3v) is 6.84. The van der Waals surface area contributed by atoms with Gasteiger partial charge in [-0.15, -0.1) is 0 Å². The van der Waals surface area contributed by atoms with E-state index < -0.39 is 5.60 Å². The molecular formula is C23H26N2O2. The molecule has 0 bridgehead atoms. The molecule has 3 aromatic rings. The third kappa shape index (κ3) is 2.36. The molecule has 2 atom stereocenters. The van der Waals surface area contributed by atoms with Crippen LogP contribution in [0.5, 0.6) is 5.75 Å². The Hall–Kier alpha value is -2.30. The number of likely N-dealkylation sites (tertiary alicyclic amines) is 1. The number of H-pyrrole nitrogens is 1. The standard InChI is InChI=1S/C23H26N2O2/c1-15-6-7-18-19-12-23(27)14-25(2)9-8-22(23,13-21(19)24-20(18)10-15)16-4-3-5-17(26)11-16/h3-7,10-11,24,26-27H,8-9,12-14H2,1-2H3/t22-,23-/m0/s1. The highest BCUT2D eigenvalue weighted by Crippen LogP contribution is 2.51. The van der Waals surface area contributed by atoms with Crippen molar-refractivity contribution in [2.24, 2.45) is 0 Å². The lowest BCUT2D eigenvalue weighted by molar-refractivity contribution is -0.0972. The van der Waals surface area contributed by atoms with Crippen LogP contribution in [-0.2, 0) is 18.3 Å². The molecule has 0 amide bonds. The molecule has 3 N–H and O–H groups in total. The summed E-state index contributed by atoms with van der Waals surface area (Å²) in [5, 5.41) is 23.3. The maximum absolute atomic E-state index is 12.0. The quantitative estimate of drug-likeness (QED) is 0.623. The highest BCUT2D eigenvalue weighted by atomic mass is 16.3. The Morgan fingerprint density at radius 1 is 1.11 bits per heavy atom. The predicted octanol–water partition coefficient (Wildman–Crippen LogP) is 3.29. The number of β-amino-alcohol motifs (C(OH)–C–C–N with tert-alkyl or cyclic N) is 1. The second kappa shape index (κ2) is 5.60. The van der Waals surface area contributed by atoms with E-state index in [0.717, 1.165) is 30.5 Å². The molecule has 5 rings (SSSR count). The van der Waals surface area contributed by atoms with Crippen molar-refractivity contribution < 1.29 is 10.2 Å². The smallest absolute Gasteiger partial charge is 0.115 e. The van der Waals surface area contributed by atoms with Crippen LogP contribution in [0, 0.1) is 6.92 Å². The molecule has 0 unspecified atom stereocenters. The number of nitrogens with zero attached hydrogens (tertiary/aromatic N) is 1. The van der Waals surface area contributed by atoms with Gasteiger partial charge in [0.1, 0.15) is 5.75 Å². The maximum Gasteiger partial charge on any atom is 0.115 e. The van der Waals surface area contributed by atoms with Gasteiger partial charge in [0.05, 0.1) is 5.60 Å². The minimum atomic E-state index is -0.860. The fourth-order valence-corrected chi connectivity index (χ4v) is 5.46. The molecule has 2 aliphatic rings. The molecule has 0 radical (unpaired) electrons. The van der Waals surface area contributed by atoms with Gasteiger partial charge in [0, 0.05) is 41.4 Å². The van der Waals surface area contributed by atoms with Gasteiger partial charge in [-0.2, -0.15) is 0 Å². The van der Waals surface area contributed by atoms with Crippen LogP contribution < -0.4 is 0 Å². The third-order valence-electron chi connectivity index (χ3n) is 6.84. The van der Waals surface area contributed by atoms with E-state index in [0.29, 0.717) is 13.0 Å². The number of rotatable bonds is 1. The van der Waals surface area contributed by atoms with Crippen LogP contribution in [0.25, 0.3) is 10.9 Å². The molecule has 1 saturated heterocycles. The van der Waals surface area contributed by atoms with Crippen LogP contribution in [0.4, 0.5) is 0 Å². The van der Waals surface area contributed by atoms with E-state index in [-0.39, 0.29) is 11.2 Å². The van der Waals surface area contributed by atoms with E-state index in [1.54, 1.807) is 6.07 Å². The van der Waals surface area contributed by atoms with Crippen molar-refractivity contribution in [3.8, 4) is 5.75 Å². The number of piperidine rings is 1. The second-order valence-corrected chi connectivity index (χ2v) is 8.64. The van der Waals surface area contributed by atoms with Gasteiger partial charge in [-0.1, -0.05) is 24.3 Å². The summed E-state index contributed by atoms with van der Waals surface area (Å²) in [4.78, 5) is 5.87. The first-order valence-corrected chi connectivity index (χ1v) is 9.71. The summed E-state index contributed by atoms with van der Waals surface area (Å²) in [6.07, 6.45) is 2.27. The lowest BCUT2D eigenvalue weighted by Gasteiger charge is -2.55. The summed E-state index contributed by atoms with van der Waals surface area (Å²) < 4.78 is 0. The summed E-state index contributed by atoms with van der Waals surface area (Å²) in [6, 6.07) is 14.0. The van der Waals surface area contributed by atoms with E-state index in [4.69, 9.17) is 0 Å². The number of likely N-dealkylation sites (N-methyl/N-ethyl adjacent to an activating group) is 1. The zero-order chi connectivity index (χ0) is 18.8. The molecule has 140 valence electrons. The minimum absolute atomic E-state index is 0.265. The van der Waals surface area contributed by atoms with Crippen LogP contribution in [0.3, 0.4) is 0 Å². The first-order valence-electron chi connectivity index (χ1n) is 9.71. The summed E-state index contributed by atoms with van der Waals surface area (Å²) in [6.45, 7) is 3.68. The number of hydrogen-bond acceptors (Lipinski definition) is 3. The van der Waals surface area contributed by atoms with E-state index >= 15 is 0 Å². The van der Waals surface area contributed by atoms with E-state index in [9.17, 15) is 10.2 Å². The molecule has 4 nitrogen and oxygen atoms in total. The van der Waals surface area contributed by atoms with E-state index in [1.165, 1.54) is 22.2 Å². The first kappa shape index (κ1) is 16.8. The van der Waals surface area contributed by atoms with Gasteiger partial charge in [-0.3, -0.25) is 0 Å². The Morgan fingerprint density at radius 3 is 2.78 bits per heavy atom. The summed E-state index contributed by atoms with van der Waals surface area (Å²) in [5.41, 5.74) is 4.66. The van der Waals surface area contributed by atoms with Gasteiger partial charge in [-0.05, 0) is 61.8 Å². The van der Waals surface area contributed by atoms with Gasteiger partial charge in [0.15, 0.2) is 0 Å². The van der Waals surface area contributed by atoms with E-state index in [2.05, 4.69) is 48.1 Å². The number of aromatic hydroxyl groups is 1. The van der Waals surface area contributed by atoms with Crippen molar-refractivity contribution >= 4 is 10.9 Å². The second-order valence-electron chi connectivity index (χ2n) is 8.64. The average Bonchev–Trinajstić information content (AvgIpc) is 2.94. The molecule has 1 aromatic heterocycles. The first-order chi connectivity index (χ1) is 12.9. The fourth-order valence-electron chi connectivity index (χ4n) is 5.46. The zero-order valence-electron chi connectivity index (χ0n) is 15.9. The Morgan fingerprint density at radius 2 is 1.96 bits per heavy atom. The average molecular weight is 362 g/mol. The number of fused-ring (bicyclic) bond motifs is 4. The van der Waals surface area contributed by atoms with Crippen molar-refractivity contribution in [1.29, 1.82) is 0 Å². The van der Waals surface area contributed by atoms with Crippen LogP contribution in [0.1, 0.15) is 28.8 Å². The molecular weight excluding hydrogens is 336 g/mol. The normalized spacial score (nSPS) is 28.1. The predicted molar refractivity (Wildman–Crippen MR) is 107 cm³/mol. The fraction of sp³-hybridized carbons (Fsp3) is 0.391. The van der Waals surface area contributed by atoms with E-state index in [1.807, 2.05) is 12.1 Å². The number of phenols is 1. The minimum Gasteiger partial charge on any atom is -0.508 e. The van der Waals surface area contributed by atoms with Crippen molar-refractivity contribution in [2.45, 2.75) is 37.2 Å². The highest BCUT2D eigenvalue weighted by molar-refractivity contribution is 5.86. The number of aliphatic hydroxyl groups is 1. The number of aromatic nitrogens is 1. The molecule has 2 aromatic carbocycles. The van der Waals surface area contributed by atoms with Gasteiger partial charge in [0.25, 0.3) is 0 Å². The van der Waals surface area contributed by atoms with Gasteiger partial charge in [0.2, 0.25) is 0 Å². The molecule has 0 spiro atoms. The number of aryl methyl sites for hydroxylation is 1. The van der Waals surface area contributed by atoms with Crippen LogP contribution in [-0.4, -0.2) is 45.8 Å². The molecule has 4 heteroatoms. The van der Waals surface area contributed by atoms with Crippen LogP contribution in [0.2, 0.25) is 0 Å². The van der Waals surface area contributed by atoms with Crippen LogP contribution in [0.15, 0.2) is 42.5 Å². The van der Waals surface area contributed by atoms with Gasteiger partial charge < -0.3 is 20.1 Å². The topological polar surface area (TPSA) is 59.5 Å². The Kier molecular flexibility index (Phi) is 3.49. The Labute approximate surface area is 159 Å². The lowest BCUT2D eigenvalue weighted by atomic mass is 9.56. The van der Waals surface area contributed by atoms with Crippen molar-refractivity contribution in [2.75, 3.05) is 20.1 Å². The Balaban J connectivity index is 1.73. The molecule has 1 aliphatic heterocycles. The Bertz CT molecular complexity index is 1040. The zero-order valence-corrected chi connectivity index (χ0v) is 15.9. The van der Waals surface area contributed by atoms with Crippen molar-refractivity contribution in [3.63, 3.8) is 0 Å². The molecule has 0 saturated carbocycles. The number of aromatic amines is 1. The van der Waals surface area contributed by atoms with Gasteiger partial charge >= 0.3 is 0 Å². The maximum atomic E-state index is 12.0. The lowest BCUT2D eigenvalue weighted by Crippen LogP contribution is -2.65. The SMILES string of the molecule is Cc1ccc2c3c([nH]c2c1)C[C@]1(c2cccc(O)c2)CCN(C)C[C@@]1(O)C3. The molecule has 2 heterocycles. The molecule has 1 aliphatic carbocycles. The summed E-state index contributed by atoms with van der Waals surface area (Å²) >= 11 is 0. The van der Waals surface area contributed by atoms with Crippen molar-refractivity contribution in [1.82, 2.24) is 9.88 Å². The van der Waals surface area contributed by atoms with Crippen molar-refractivity contribution in [3.05, 3.63) is 64.8 Å². The molecule has 27 heavy (non-hydrogen) atoms. The number of nitrogens with one attached hydrogen (secondary N) is 1. The summed E-state index contributed by atoms with van der Waals surface area (Å²) in [5.74, 6) is 0.265. The highest BCUT2D eigenvalue weighted by Gasteiger charge is 2.57. The van der Waals surface area contributed by atoms with Gasteiger partial charge in [-0.25, -0.2) is 0 Å². The largest absolute Gasteiger partial charge is 0.508 e. The number of phenolic OH excluding ortho intramolecular Hbond substituents is 1. The molecule has 1 fully saturated rings.